The lowest BCUT2D eigenvalue weighted by Crippen LogP contribution is -2.50. The molecule has 1 amide bonds. The summed E-state index contributed by atoms with van der Waals surface area (Å²) in [5.41, 5.74) is 0.482. The molecule has 1 aliphatic heterocycles. The van der Waals surface area contributed by atoms with E-state index < -0.39 is 14.9 Å². The van der Waals surface area contributed by atoms with Crippen molar-refractivity contribution in [3.8, 4) is 17.2 Å². The third kappa shape index (κ3) is 5.29. The van der Waals surface area contributed by atoms with Crippen LogP contribution < -0.4 is 14.2 Å². The van der Waals surface area contributed by atoms with E-state index in [0.29, 0.717) is 22.8 Å². The number of carbonyl (C=O) groups is 1. The maximum atomic E-state index is 12.8. The van der Waals surface area contributed by atoms with Gasteiger partial charge in [0.15, 0.2) is 11.5 Å². The van der Waals surface area contributed by atoms with Crippen molar-refractivity contribution in [1.82, 2.24) is 9.21 Å². The number of rotatable bonds is 8. The molecule has 11 nitrogen and oxygen atoms in total. The van der Waals surface area contributed by atoms with Gasteiger partial charge in [-0.25, -0.2) is 8.42 Å². The summed E-state index contributed by atoms with van der Waals surface area (Å²) in [6.07, 6.45) is 3.02. The number of hydrogen-bond acceptors (Lipinski definition) is 8. The van der Waals surface area contributed by atoms with E-state index in [2.05, 4.69) is 0 Å². The van der Waals surface area contributed by atoms with Crippen LogP contribution in [0.1, 0.15) is 5.56 Å². The second-order valence-electron chi connectivity index (χ2n) is 7.27. The standard InChI is InChI=1S/C22H25N3O8S/c1-31-19-14-16(15-20(32-2)22(19)33-3)4-9-21(26)23-10-12-24(13-11-23)34(29,30)18-7-5-17(6-8-18)25(27)28/h4-9,14-15H,10-13H2,1-3H3/b9-4+. The van der Waals surface area contributed by atoms with Crippen molar-refractivity contribution < 1.29 is 32.3 Å². The Balaban J connectivity index is 1.65. The van der Waals surface area contributed by atoms with Gasteiger partial charge in [0.1, 0.15) is 0 Å². The normalized spacial score (nSPS) is 14.7. The van der Waals surface area contributed by atoms with Crippen molar-refractivity contribution in [1.29, 1.82) is 0 Å². The number of piperazine rings is 1. The van der Waals surface area contributed by atoms with Crippen LogP contribution in [0.5, 0.6) is 17.2 Å². The molecular formula is C22H25N3O8S. The van der Waals surface area contributed by atoms with E-state index in [-0.39, 0.29) is 42.7 Å². The number of ether oxygens (including phenoxy) is 3. The van der Waals surface area contributed by atoms with E-state index in [9.17, 15) is 23.3 Å². The molecule has 3 rings (SSSR count). The molecule has 0 aromatic heterocycles. The first-order valence-corrected chi connectivity index (χ1v) is 11.7. The third-order valence-electron chi connectivity index (χ3n) is 5.34. The smallest absolute Gasteiger partial charge is 0.269 e. The van der Waals surface area contributed by atoms with Crippen LogP contribution in [0.4, 0.5) is 5.69 Å². The molecule has 2 aromatic rings. The van der Waals surface area contributed by atoms with Crippen molar-refractivity contribution >= 4 is 27.7 Å². The summed E-state index contributed by atoms with van der Waals surface area (Å²) in [4.78, 5) is 24.4. The number of non-ortho nitro benzene ring substituents is 1. The number of benzene rings is 2. The number of hydrogen-bond donors (Lipinski definition) is 0. The highest BCUT2D eigenvalue weighted by molar-refractivity contribution is 7.89. The van der Waals surface area contributed by atoms with Gasteiger partial charge in [0.25, 0.3) is 5.69 Å². The minimum Gasteiger partial charge on any atom is -0.493 e. The second kappa shape index (κ2) is 10.5. The SMILES string of the molecule is COc1cc(/C=C/C(=O)N2CCN(S(=O)(=O)c3ccc([N+](=O)[O-])cc3)CC2)cc(OC)c1OC. The first-order chi connectivity index (χ1) is 16.2. The van der Waals surface area contributed by atoms with Gasteiger partial charge >= 0.3 is 0 Å². The van der Waals surface area contributed by atoms with Gasteiger partial charge in [-0.15, -0.1) is 0 Å². The van der Waals surface area contributed by atoms with Crippen LogP contribution in [-0.4, -0.2) is 76.0 Å². The van der Waals surface area contributed by atoms with Crippen molar-refractivity contribution in [3.63, 3.8) is 0 Å². The number of nitro benzene ring substituents is 1. The molecule has 182 valence electrons. The van der Waals surface area contributed by atoms with Crippen LogP contribution >= 0.6 is 0 Å². The maximum Gasteiger partial charge on any atom is 0.269 e. The molecule has 1 fully saturated rings. The molecule has 0 aliphatic carbocycles. The molecule has 1 aliphatic rings. The molecule has 1 heterocycles. The summed E-state index contributed by atoms with van der Waals surface area (Å²) < 4.78 is 42.8. The first-order valence-electron chi connectivity index (χ1n) is 10.2. The summed E-state index contributed by atoms with van der Waals surface area (Å²) in [5.74, 6) is 1.10. The van der Waals surface area contributed by atoms with Gasteiger partial charge < -0.3 is 19.1 Å². The van der Waals surface area contributed by atoms with Gasteiger partial charge in [-0.05, 0) is 35.9 Å². The molecule has 0 N–H and O–H groups in total. The molecule has 0 bridgehead atoms. The van der Waals surface area contributed by atoms with Gasteiger partial charge in [-0.2, -0.15) is 4.31 Å². The van der Waals surface area contributed by atoms with Crippen LogP contribution in [0.2, 0.25) is 0 Å². The van der Waals surface area contributed by atoms with Gasteiger partial charge in [-0.3, -0.25) is 14.9 Å². The van der Waals surface area contributed by atoms with E-state index >= 15 is 0 Å². The lowest BCUT2D eigenvalue weighted by molar-refractivity contribution is -0.384. The highest BCUT2D eigenvalue weighted by Gasteiger charge is 2.30. The summed E-state index contributed by atoms with van der Waals surface area (Å²) in [5, 5.41) is 10.8. The Labute approximate surface area is 197 Å². The van der Waals surface area contributed by atoms with Crippen LogP contribution in [0.25, 0.3) is 6.08 Å². The second-order valence-corrected chi connectivity index (χ2v) is 9.21. The highest BCUT2D eigenvalue weighted by Crippen LogP contribution is 2.38. The number of nitrogens with zero attached hydrogens (tertiary/aromatic N) is 3. The molecule has 0 unspecified atom stereocenters. The van der Waals surface area contributed by atoms with Gasteiger partial charge in [0.2, 0.25) is 21.7 Å². The van der Waals surface area contributed by atoms with Crippen molar-refractivity contribution in [3.05, 3.63) is 58.2 Å². The number of sulfonamides is 1. The Morgan fingerprint density at radius 1 is 0.971 bits per heavy atom. The highest BCUT2D eigenvalue weighted by atomic mass is 32.2. The molecule has 1 saturated heterocycles. The zero-order valence-corrected chi connectivity index (χ0v) is 19.8. The van der Waals surface area contributed by atoms with E-state index in [4.69, 9.17) is 14.2 Å². The summed E-state index contributed by atoms with van der Waals surface area (Å²) in [6.45, 7) is 0.654. The van der Waals surface area contributed by atoms with Gasteiger partial charge in [0, 0.05) is 44.4 Å². The topological polar surface area (TPSA) is 129 Å². The van der Waals surface area contributed by atoms with Crippen LogP contribution in [0, 0.1) is 10.1 Å². The average molecular weight is 492 g/mol. The average Bonchev–Trinajstić information content (AvgIpc) is 2.86. The lowest BCUT2D eigenvalue weighted by atomic mass is 10.1. The maximum absolute atomic E-state index is 12.8. The minimum absolute atomic E-state index is 0.0276. The Kier molecular flexibility index (Phi) is 7.74. The largest absolute Gasteiger partial charge is 0.493 e. The van der Waals surface area contributed by atoms with Crippen LogP contribution in [0.15, 0.2) is 47.4 Å². The fraction of sp³-hybridized carbons (Fsp3) is 0.318. The number of nitro groups is 1. The zero-order chi connectivity index (χ0) is 24.9. The molecule has 0 atom stereocenters. The number of methoxy groups -OCH3 is 3. The number of carbonyl (C=O) groups excluding carboxylic acids is 1. The molecule has 34 heavy (non-hydrogen) atoms. The molecule has 12 heteroatoms. The summed E-state index contributed by atoms with van der Waals surface area (Å²) in [6, 6.07) is 8.15. The first kappa shape index (κ1) is 25.0. The predicted octanol–water partition coefficient (Wildman–Crippen LogP) is 2.17. The lowest BCUT2D eigenvalue weighted by Gasteiger charge is -2.33. The Bertz CT molecular complexity index is 1160. The Morgan fingerprint density at radius 2 is 1.53 bits per heavy atom. The van der Waals surface area contributed by atoms with Crippen molar-refractivity contribution in [2.45, 2.75) is 4.90 Å². The Hall–Kier alpha value is -3.64. The molecule has 2 aromatic carbocycles. The van der Waals surface area contributed by atoms with Gasteiger partial charge in [-0.1, -0.05) is 0 Å². The summed E-state index contributed by atoms with van der Waals surface area (Å²) >= 11 is 0. The molecule has 0 radical (unpaired) electrons. The van der Waals surface area contributed by atoms with E-state index in [0.717, 1.165) is 12.1 Å². The van der Waals surface area contributed by atoms with Crippen molar-refractivity contribution in [2.75, 3.05) is 47.5 Å². The van der Waals surface area contributed by atoms with Gasteiger partial charge in [0.05, 0.1) is 31.1 Å². The summed E-state index contributed by atoms with van der Waals surface area (Å²) in [7, 11) is 0.685. The van der Waals surface area contributed by atoms with E-state index in [1.54, 1.807) is 23.1 Å². The predicted molar refractivity (Wildman–Crippen MR) is 124 cm³/mol. The van der Waals surface area contributed by atoms with E-state index in [1.807, 2.05) is 0 Å². The van der Waals surface area contributed by atoms with Crippen LogP contribution in [-0.2, 0) is 14.8 Å². The molecular weight excluding hydrogens is 466 g/mol. The quantitative estimate of drug-likeness (QED) is 0.312. The fourth-order valence-corrected chi connectivity index (χ4v) is 4.93. The van der Waals surface area contributed by atoms with Crippen LogP contribution in [0.3, 0.4) is 0 Å². The monoisotopic (exact) mass is 491 g/mol. The third-order valence-corrected chi connectivity index (χ3v) is 7.25. The van der Waals surface area contributed by atoms with E-state index in [1.165, 1.54) is 43.8 Å². The fourth-order valence-electron chi connectivity index (χ4n) is 3.51. The minimum atomic E-state index is -3.82. The molecule has 0 saturated carbocycles. The van der Waals surface area contributed by atoms with Crippen molar-refractivity contribution in [2.24, 2.45) is 0 Å². The number of amides is 1. The molecule has 0 spiro atoms. The zero-order valence-electron chi connectivity index (χ0n) is 19.0. The Morgan fingerprint density at radius 3 is 2.00 bits per heavy atom.